The van der Waals surface area contributed by atoms with Gasteiger partial charge in [-0.05, 0) is 43.7 Å². The lowest BCUT2D eigenvalue weighted by Gasteiger charge is -2.30. The molecule has 1 saturated carbocycles. The first-order valence-electron chi connectivity index (χ1n) is 11.3. The van der Waals surface area contributed by atoms with E-state index in [1.54, 1.807) is 25.2 Å². The molecule has 1 aromatic rings. The fraction of sp³-hybridized carbons (Fsp3) is 0.609. The predicted molar refractivity (Wildman–Crippen MR) is 120 cm³/mol. The topological polar surface area (TPSA) is 98.2 Å². The van der Waals surface area contributed by atoms with Gasteiger partial charge in [-0.25, -0.2) is 0 Å². The van der Waals surface area contributed by atoms with Crippen molar-refractivity contribution in [1.29, 1.82) is 0 Å². The molecule has 0 aromatic carbocycles. The highest BCUT2D eigenvalue weighted by Crippen LogP contribution is 2.29. The van der Waals surface area contributed by atoms with Crippen LogP contribution in [-0.4, -0.2) is 77.3 Å². The first-order chi connectivity index (χ1) is 15.4. The average molecular weight is 446 g/mol. The van der Waals surface area contributed by atoms with Gasteiger partial charge in [-0.3, -0.25) is 14.6 Å². The highest BCUT2D eigenvalue weighted by Gasteiger charge is 2.39. The molecule has 9 heteroatoms. The second kappa shape index (κ2) is 11.3. The SMILES string of the molecule is Cc1ccc(CN2C(C(=O)N(C)CCCO)=C(N(C)C=O)NC2OCC2CCCC2)cn1. The maximum Gasteiger partial charge on any atom is 0.273 e. The summed E-state index contributed by atoms with van der Waals surface area (Å²) in [5, 5.41) is 12.4. The van der Waals surface area contributed by atoms with Crippen LogP contribution in [0.5, 0.6) is 0 Å². The van der Waals surface area contributed by atoms with E-state index in [-0.39, 0.29) is 12.5 Å². The zero-order valence-corrected chi connectivity index (χ0v) is 19.3. The van der Waals surface area contributed by atoms with Crippen LogP contribution in [0.3, 0.4) is 0 Å². The minimum Gasteiger partial charge on any atom is -0.396 e. The van der Waals surface area contributed by atoms with Crippen molar-refractivity contribution in [3.63, 3.8) is 0 Å². The van der Waals surface area contributed by atoms with Crippen molar-refractivity contribution in [2.24, 2.45) is 5.92 Å². The summed E-state index contributed by atoms with van der Waals surface area (Å²) in [5.41, 5.74) is 2.22. The summed E-state index contributed by atoms with van der Waals surface area (Å²) in [6.45, 7) is 3.34. The monoisotopic (exact) mass is 445 g/mol. The van der Waals surface area contributed by atoms with Crippen LogP contribution in [0.2, 0.25) is 0 Å². The molecule has 1 unspecified atom stereocenters. The Kier molecular flexibility index (Phi) is 8.46. The molecule has 1 aliphatic heterocycles. The first kappa shape index (κ1) is 24.0. The Hall–Kier alpha value is -2.65. The number of nitrogens with one attached hydrogen (secondary N) is 1. The summed E-state index contributed by atoms with van der Waals surface area (Å²) in [7, 11) is 3.31. The third kappa shape index (κ3) is 5.77. The Morgan fingerprint density at radius 1 is 1.34 bits per heavy atom. The van der Waals surface area contributed by atoms with Crippen molar-refractivity contribution in [3.05, 3.63) is 41.1 Å². The second-order valence-electron chi connectivity index (χ2n) is 8.63. The standard InChI is InChI=1S/C23H35N5O4/c1-17-9-10-19(13-24-17)14-28-20(22(31)26(2)11-6-12-29)21(27(3)16-30)25-23(28)32-15-18-7-4-5-8-18/h9-10,13,16,18,23,25,29H,4-8,11-12,14-15H2,1-3H3. The molecule has 3 rings (SSSR count). The molecule has 176 valence electrons. The van der Waals surface area contributed by atoms with Gasteiger partial charge < -0.3 is 29.9 Å². The number of ether oxygens (including phenoxy) is 1. The van der Waals surface area contributed by atoms with Crippen molar-refractivity contribution in [2.75, 3.05) is 33.9 Å². The van der Waals surface area contributed by atoms with Crippen LogP contribution in [0, 0.1) is 12.8 Å². The molecule has 2 heterocycles. The molecule has 1 fully saturated rings. The number of rotatable bonds is 11. The van der Waals surface area contributed by atoms with E-state index in [9.17, 15) is 14.7 Å². The third-order valence-corrected chi connectivity index (χ3v) is 6.06. The fourth-order valence-corrected chi connectivity index (χ4v) is 4.14. The Bertz CT molecular complexity index is 807. The van der Waals surface area contributed by atoms with E-state index in [0.717, 1.165) is 24.1 Å². The number of nitrogens with zero attached hydrogens (tertiary/aromatic N) is 4. The highest BCUT2D eigenvalue weighted by molar-refractivity contribution is 5.94. The molecular weight excluding hydrogens is 410 g/mol. The van der Waals surface area contributed by atoms with Crippen molar-refractivity contribution in [2.45, 2.75) is 51.9 Å². The molecule has 0 bridgehead atoms. The summed E-state index contributed by atoms with van der Waals surface area (Å²) in [4.78, 5) is 34.2. The summed E-state index contributed by atoms with van der Waals surface area (Å²) in [5.74, 6) is 0.693. The summed E-state index contributed by atoms with van der Waals surface area (Å²) < 4.78 is 6.26. The van der Waals surface area contributed by atoms with Gasteiger partial charge >= 0.3 is 0 Å². The van der Waals surface area contributed by atoms with Gasteiger partial charge in [0.15, 0.2) is 0 Å². The molecule has 1 atom stereocenters. The molecule has 0 radical (unpaired) electrons. The van der Waals surface area contributed by atoms with Gasteiger partial charge in [-0.2, -0.15) is 0 Å². The van der Waals surface area contributed by atoms with E-state index >= 15 is 0 Å². The van der Waals surface area contributed by atoms with E-state index in [1.807, 2.05) is 24.0 Å². The molecule has 0 saturated heterocycles. The lowest BCUT2D eigenvalue weighted by Crippen LogP contribution is -2.43. The van der Waals surface area contributed by atoms with Gasteiger partial charge in [-0.15, -0.1) is 0 Å². The fourth-order valence-electron chi connectivity index (χ4n) is 4.14. The third-order valence-electron chi connectivity index (χ3n) is 6.06. The van der Waals surface area contributed by atoms with Crippen molar-refractivity contribution in [3.8, 4) is 0 Å². The van der Waals surface area contributed by atoms with E-state index in [1.165, 1.54) is 17.7 Å². The van der Waals surface area contributed by atoms with E-state index < -0.39 is 6.35 Å². The summed E-state index contributed by atoms with van der Waals surface area (Å²) in [6, 6.07) is 3.92. The smallest absolute Gasteiger partial charge is 0.273 e. The van der Waals surface area contributed by atoms with Crippen molar-refractivity contribution < 1.29 is 19.4 Å². The number of aliphatic hydroxyl groups is 1. The largest absolute Gasteiger partial charge is 0.396 e. The molecular formula is C23H35N5O4. The zero-order valence-electron chi connectivity index (χ0n) is 19.3. The van der Waals surface area contributed by atoms with Crippen LogP contribution in [0.4, 0.5) is 0 Å². The minimum absolute atomic E-state index is 0.00187. The molecule has 0 spiro atoms. The highest BCUT2D eigenvalue weighted by atomic mass is 16.5. The number of amides is 2. The number of carbonyl (C=O) groups is 2. The van der Waals surface area contributed by atoms with Gasteiger partial charge in [0, 0.05) is 45.7 Å². The zero-order chi connectivity index (χ0) is 23.1. The molecule has 9 nitrogen and oxygen atoms in total. The summed E-state index contributed by atoms with van der Waals surface area (Å²) in [6.07, 6.45) is 7.13. The number of hydrogen-bond donors (Lipinski definition) is 2. The number of carbonyl (C=O) groups excluding carboxylic acids is 2. The minimum atomic E-state index is -0.570. The molecule has 2 aliphatic rings. The lowest BCUT2D eigenvalue weighted by atomic mass is 10.1. The number of aryl methyl sites for hydroxylation is 1. The van der Waals surface area contributed by atoms with Crippen LogP contribution in [0.15, 0.2) is 29.8 Å². The Labute approximate surface area is 190 Å². The van der Waals surface area contributed by atoms with Gasteiger partial charge in [0.25, 0.3) is 5.91 Å². The normalized spacial score (nSPS) is 18.8. The molecule has 1 aromatic heterocycles. The lowest BCUT2D eigenvalue weighted by molar-refractivity contribution is -0.130. The Morgan fingerprint density at radius 3 is 2.72 bits per heavy atom. The quantitative estimate of drug-likeness (QED) is 0.497. The van der Waals surface area contributed by atoms with Crippen LogP contribution in [-0.2, 0) is 20.9 Å². The predicted octanol–water partition coefficient (Wildman–Crippen LogP) is 1.38. The van der Waals surface area contributed by atoms with E-state index in [2.05, 4.69) is 10.3 Å². The van der Waals surface area contributed by atoms with Crippen LogP contribution >= 0.6 is 0 Å². The Morgan fingerprint density at radius 2 is 2.09 bits per heavy atom. The molecule has 1 aliphatic carbocycles. The molecule has 32 heavy (non-hydrogen) atoms. The number of likely N-dealkylation sites (N-methyl/N-ethyl adjacent to an activating group) is 1. The molecule has 2 amide bonds. The maximum absolute atomic E-state index is 13.4. The molecule has 2 N–H and O–H groups in total. The van der Waals surface area contributed by atoms with Gasteiger partial charge in [0.2, 0.25) is 12.8 Å². The van der Waals surface area contributed by atoms with Crippen molar-refractivity contribution in [1.82, 2.24) is 25.0 Å². The second-order valence-corrected chi connectivity index (χ2v) is 8.63. The van der Waals surface area contributed by atoms with Gasteiger partial charge in [-0.1, -0.05) is 18.9 Å². The number of hydrogen-bond acceptors (Lipinski definition) is 7. The van der Waals surface area contributed by atoms with Gasteiger partial charge in [0.05, 0.1) is 6.61 Å². The number of aromatic nitrogens is 1. The van der Waals surface area contributed by atoms with Crippen LogP contribution < -0.4 is 5.32 Å². The van der Waals surface area contributed by atoms with E-state index in [0.29, 0.717) is 50.0 Å². The first-order valence-corrected chi connectivity index (χ1v) is 11.3. The number of pyridine rings is 1. The summed E-state index contributed by atoms with van der Waals surface area (Å²) >= 11 is 0. The van der Waals surface area contributed by atoms with Crippen LogP contribution in [0.1, 0.15) is 43.4 Å². The van der Waals surface area contributed by atoms with Gasteiger partial charge in [0.1, 0.15) is 11.5 Å². The van der Waals surface area contributed by atoms with Crippen molar-refractivity contribution >= 4 is 12.3 Å². The van der Waals surface area contributed by atoms with E-state index in [4.69, 9.17) is 4.74 Å². The number of aliphatic hydroxyl groups excluding tert-OH is 1. The van der Waals surface area contributed by atoms with Crippen LogP contribution in [0.25, 0.3) is 0 Å². The maximum atomic E-state index is 13.4. The average Bonchev–Trinajstić information content (AvgIpc) is 3.44. The Balaban J connectivity index is 1.89.